The maximum Gasteiger partial charge on any atom is 0.105 e. The van der Waals surface area contributed by atoms with E-state index in [1.54, 1.807) is 12.5 Å². The Morgan fingerprint density at radius 2 is 1.65 bits per heavy atom. The second-order valence-corrected chi connectivity index (χ2v) is 6.23. The Kier molecular flexibility index (Phi) is 4.05. The largest absolute Gasteiger partial charge is 0.384 e. The van der Waals surface area contributed by atoms with Crippen LogP contribution < -0.4 is 0 Å². The first-order valence-electron chi connectivity index (χ1n) is 7.82. The van der Waals surface area contributed by atoms with Gasteiger partial charge in [0, 0.05) is 18.1 Å². The van der Waals surface area contributed by atoms with Gasteiger partial charge in [-0.25, -0.2) is 4.98 Å². The average molecular weight is 306 g/mol. The Morgan fingerprint density at radius 3 is 2.22 bits per heavy atom. The summed E-state index contributed by atoms with van der Waals surface area (Å²) in [6.45, 7) is 8.26. The van der Waals surface area contributed by atoms with Gasteiger partial charge in [0.25, 0.3) is 0 Å². The van der Waals surface area contributed by atoms with Gasteiger partial charge in [0.1, 0.15) is 6.10 Å². The summed E-state index contributed by atoms with van der Waals surface area (Å²) in [5.41, 5.74) is 7.60. The van der Waals surface area contributed by atoms with E-state index in [4.69, 9.17) is 0 Å². The molecule has 0 saturated carbocycles. The molecular weight excluding hydrogens is 284 g/mol. The van der Waals surface area contributed by atoms with Crippen molar-refractivity contribution in [2.45, 2.75) is 33.8 Å². The SMILES string of the molecule is Cc1cc(C)c(C(O)c2ccc(-n3ccnc3)c(C)c2)c(C)c1. The average Bonchev–Trinajstić information content (AvgIpc) is 2.99. The molecule has 0 fully saturated rings. The van der Waals surface area contributed by atoms with E-state index in [0.717, 1.165) is 33.5 Å². The Labute approximate surface area is 137 Å². The first kappa shape index (κ1) is 15.5. The van der Waals surface area contributed by atoms with Crippen molar-refractivity contribution in [3.05, 3.63) is 82.4 Å². The van der Waals surface area contributed by atoms with Gasteiger partial charge in [0.2, 0.25) is 0 Å². The number of imidazole rings is 1. The van der Waals surface area contributed by atoms with Crippen LogP contribution in [-0.4, -0.2) is 14.7 Å². The molecule has 118 valence electrons. The molecule has 1 aromatic heterocycles. The van der Waals surface area contributed by atoms with Crippen LogP contribution in [0, 0.1) is 27.7 Å². The normalized spacial score (nSPS) is 12.4. The molecule has 0 amide bonds. The highest BCUT2D eigenvalue weighted by Crippen LogP contribution is 2.30. The standard InChI is InChI=1S/C20H22N2O/c1-13-9-15(3)19(16(4)10-13)20(23)17-5-6-18(14(2)11-17)22-8-7-21-12-22/h5-12,20,23H,1-4H3. The highest BCUT2D eigenvalue weighted by molar-refractivity contribution is 5.47. The van der Waals surface area contributed by atoms with Crippen molar-refractivity contribution >= 4 is 0 Å². The molecule has 0 spiro atoms. The molecule has 3 heteroatoms. The van der Waals surface area contributed by atoms with E-state index in [1.807, 2.05) is 22.9 Å². The molecule has 3 rings (SSSR count). The van der Waals surface area contributed by atoms with Crippen LogP contribution in [0.3, 0.4) is 0 Å². The van der Waals surface area contributed by atoms with E-state index in [9.17, 15) is 5.11 Å². The molecule has 0 aliphatic carbocycles. The lowest BCUT2D eigenvalue weighted by atomic mass is 9.91. The molecule has 3 aromatic rings. The van der Waals surface area contributed by atoms with Crippen LogP contribution in [0.5, 0.6) is 0 Å². The van der Waals surface area contributed by atoms with Gasteiger partial charge in [-0.3, -0.25) is 0 Å². The molecule has 0 aliphatic rings. The van der Waals surface area contributed by atoms with E-state index in [2.05, 4.69) is 50.9 Å². The molecule has 1 heterocycles. The number of aromatic nitrogens is 2. The van der Waals surface area contributed by atoms with Gasteiger partial charge in [-0.2, -0.15) is 0 Å². The number of aliphatic hydroxyl groups excluding tert-OH is 1. The van der Waals surface area contributed by atoms with E-state index in [1.165, 1.54) is 5.56 Å². The number of aliphatic hydroxyl groups is 1. The Hall–Kier alpha value is -2.39. The van der Waals surface area contributed by atoms with Crippen LogP contribution in [-0.2, 0) is 0 Å². The zero-order valence-corrected chi connectivity index (χ0v) is 14.0. The molecule has 0 radical (unpaired) electrons. The lowest BCUT2D eigenvalue weighted by molar-refractivity contribution is 0.218. The molecule has 1 N–H and O–H groups in total. The first-order chi connectivity index (χ1) is 11.0. The fourth-order valence-electron chi connectivity index (χ4n) is 3.33. The lowest BCUT2D eigenvalue weighted by Crippen LogP contribution is -2.06. The van der Waals surface area contributed by atoms with Crippen LogP contribution in [0.4, 0.5) is 0 Å². The summed E-state index contributed by atoms with van der Waals surface area (Å²) in [6.07, 6.45) is 4.87. The lowest BCUT2D eigenvalue weighted by Gasteiger charge is -2.19. The van der Waals surface area contributed by atoms with Crippen LogP contribution >= 0.6 is 0 Å². The number of benzene rings is 2. The number of hydrogen-bond donors (Lipinski definition) is 1. The Balaban J connectivity index is 2.01. The minimum absolute atomic E-state index is 0.605. The molecule has 2 aromatic carbocycles. The molecule has 23 heavy (non-hydrogen) atoms. The quantitative estimate of drug-likeness (QED) is 0.788. The van der Waals surface area contributed by atoms with Crippen molar-refractivity contribution in [3.8, 4) is 5.69 Å². The van der Waals surface area contributed by atoms with Crippen LogP contribution in [0.25, 0.3) is 5.69 Å². The third-order valence-electron chi connectivity index (χ3n) is 4.33. The summed E-state index contributed by atoms with van der Waals surface area (Å²) < 4.78 is 1.98. The van der Waals surface area contributed by atoms with Gasteiger partial charge in [-0.15, -0.1) is 0 Å². The molecule has 3 nitrogen and oxygen atoms in total. The van der Waals surface area contributed by atoms with Crippen molar-refractivity contribution in [1.82, 2.24) is 9.55 Å². The highest BCUT2D eigenvalue weighted by Gasteiger charge is 2.17. The fourth-order valence-corrected chi connectivity index (χ4v) is 3.33. The van der Waals surface area contributed by atoms with Crippen molar-refractivity contribution in [3.63, 3.8) is 0 Å². The summed E-state index contributed by atoms with van der Waals surface area (Å²) in [5.74, 6) is 0. The van der Waals surface area contributed by atoms with Gasteiger partial charge < -0.3 is 9.67 Å². The van der Waals surface area contributed by atoms with Crippen molar-refractivity contribution in [1.29, 1.82) is 0 Å². The molecule has 1 atom stereocenters. The number of nitrogens with zero attached hydrogens (tertiary/aromatic N) is 2. The van der Waals surface area contributed by atoms with Gasteiger partial charge in [-0.1, -0.05) is 29.8 Å². The third kappa shape index (κ3) is 2.92. The monoisotopic (exact) mass is 306 g/mol. The maximum atomic E-state index is 10.9. The van der Waals surface area contributed by atoms with Crippen LogP contribution in [0.1, 0.15) is 39.5 Å². The molecule has 1 unspecified atom stereocenters. The van der Waals surface area contributed by atoms with Crippen molar-refractivity contribution in [2.24, 2.45) is 0 Å². The van der Waals surface area contributed by atoms with Gasteiger partial charge in [0.05, 0.1) is 6.33 Å². The minimum atomic E-state index is -0.605. The van der Waals surface area contributed by atoms with Crippen molar-refractivity contribution < 1.29 is 5.11 Å². The maximum absolute atomic E-state index is 10.9. The molecule has 0 aliphatic heterocycles. The third-order valence-corrected chi connectivity index (χ3v) is 4.33. The molecule has 0 saturated heterocycles. The van der Waals surface area contributed by atoms with Gasteiger partial charge in [0.15, 0.2) is 0 Å². The summed E-state index contributed by atoms with van der Waals surface area (Å²) >= 11 is 0. The van der Waals surface area contributed by atoms with Crippen molar-refractivity contribution in [2.75, 3.05) is 0 Å². The van der Waals surface area contributed by atoms with Crippen LogP contribution in [0.2, 0.25) is 0 Å². The Morgan fingerprint density at radius 1 is 0.957 bits per heavy atom. The number of hydrogen-bond acceptors (Lipinski definition) is 2. The summed E-state index contributed by atoms with van der Waals surface area (Å²) in [5, 5.41) is 10.9. The smallest absolute Gasteiger partial charge is 0.105 e. The van der Waals surface area contributed by atoms with Gasteiger partial charge in [-0.05, 0) is 61.6 Å². The predicted octanol–water partition coefficient (Wildman–Crippen LogP) is 4.19. The summed E-state index contributed by atoms with van der Waals surface area (Å²) in [4.78, 5) is 4.09. The summed E-state index contributed by atoms with van der Waals surface area (Å²) in [7, 11) is 0. The van der Waals surface area contributed by atoms with E-state index < -0.39 is 6.10 Å². The number of aryl methyl sites for hydroxylation is 4. The fraction of sp³-hybridized carbons (Fsp3) is 0.250. The zero-order valence-electron chi connectivity index (χ0n) is 14.0. The van der Waals surface area contributed by atoms with E-state index in [0.29, 0.717) is 0 Å². The Bertz CT molecular complexity index is 812. The number of rotatable bonds is 3. The van der Waals surface area contributed by atoms with E-state index in [-0.39, 0.29) is 0 Å². The van der Waals surface area contributed by atoms with E-state index >= 15 is 0 Å². The second-order valence-electron chi connectivity index (χ2n) is 6.23. The topological polar surface area (TPSA) is 38.0 Å². The zero-order chi connectivity index (χ0) is 16.6. The molecular formula is C20H22N2O. The first-order valence-corrected chi connectivity index (χ1v) is 7.82. The minimum Gasteiger partial charge on any atom is -0.384 e. The highest BCUT2D eigenvalue weighted by atomic mass is 16.3. The summed E-state index contributed by atoms with van der Waals surface area (Å²) in [6, 6.07) is 10.3. The predicted molar refractivity (Wildman–Crippen MR) is 93.0 cm³/mol. The van der Waals surface area contributed by atoms with Gasteiger partial charge >= 0.3 is 0 Å². The second kappa shape index (κ2) is 6.01. The molecule has 0 bridgehead atoms. The van der Waals surface area contributed by atoms with Crippen LogP contribution in [0.15, 0.2) is 49.1 Å².